The lowest BCUT2D eigenvalue weighted by atomic mass is 9.96. The van der Waals surface area contributed by atoms with Crippen molar-refractivity contribution in [2.75, 3.05) is 0 Å². The highest BCUT2D eigenvalue weighted by Gasteiger charge is 2.20. The maximum Gasteiger partial charge on any atom is 0.137 e. The lowest BCUT2D eigenvalue weighted by Crippen LogP contribution is -2.10. The largest absolute Gasteiger partial charge is 0.464 e. The molecule has 6 aromatic rings. The average molecular weight is 496 g/mol. The first-order valence-corrected chi connectivity index (χ1v) is 13.4. The van der Waals surface area contributed by atoms with Gasteiger partial charge in [-0.25, -0.2) is 4.98 Å². The number of rotatable bonds is 7. The van der Waals surface area contributed by atoms with Gasteiger partial charge in [0.25, 0.3) is 0 Å². The van der Waals surface area contributed by atoms with E-state index in [2.05, 4.69) is 72.7 Å². The van der Waals surface area contributed by atoms with Crippen LogP contribution in [-0.4, -0.2) is 24.3 Å². The van der Waals surface area contributed by atoms with Crippen LogP contribution in [0.4, 0.5) is 0 Å². The van der Waals surface area contributed by atoms with Gasteiger partial charge in [-0.1, -0.05) is 27.7 Å². The zero-order valence-corrected chi connectivity index (χ0v) is 21.8. The van der Waals surface area contributed by atoms with Gasteiger partial charge in [-0.05, 0) is 49.1 Å². The van der Waals surface area contributed by atoms with Gasteiger partial charge >= 0.3 is 0 Å². The second kappa shape index (κ2) is 9.13. The first kappa shape index (κ1) is 22.9. The van der Waals surface area contributed by atoms with Crippen molar-refractivity contribution < 1.29 is 4.42 Å². The minimum Gasteiger partial charge on any atom is -0.464 e. The number of pyridine rings is 2. The van der Waals surface area contributed by atoms with Crippen LogP contribution in [0.15, 0.2) is 65.1 Å². The Morgan fingerprint density at radius 3 is 2.58 bits per heavy atom. The summed E-state index contributed by atoms with van der Waals surface area (Å²) in [6, 6.07) is 10.3. The number of hydrogen-bond acceptors (Lipinski definition) is 6. The van der Waals surface area contributed by atoms with E-state index < -0.39 is 0 Å². The highest BCUT2D eigenvalue weighted by atomic mass is 32.1. The molecule has 182 valence electrons. The van der Waals surface area contributed by atoms with Crippen molar-refractivity contribution in [2.24, 2.45) is 0 Å². The molecule has 0 radical (unpaired) electrons. The molecule has 6 rings (SSSR count). The molecule has 6 nitrogen and oxygen atoms in total. The number of thiazole rings is 1. The van der Waals surface area contributed by atoms with Crippen LogP contribution in [0.3, 0.4) is 0 Å². The highest BCUT2D eigenvalue weighted by molar-refractivity contribution is 7.16. The molecule has 6 heterocycles. The van der Waals surface area contributed by atoms with Crippen LogP contribution >= 0.6 is 11.3 Å². The van der Waals surface area contributed by atoms with Gasteiger partial charge in [-0.3, -0.25) is 15.0 Å². The van der Waals surface area contributed by atoms with E-state index in [-0.39, 0.29) is 11.8 Å². The van der Waals surface area contributed by atoms with Gasteiger partial charge in [-0.15, -0.1) is 11.3 Å². The number of hydrogen-bond donors (Lipinski definition) is 0. The third-order valence-corrected chi connectivity index (χ3v) is 7.69. The Labute approximate surface area is 214 Å². The summed E-state index contributed by atoms with van der Waals surface area (Å²) in [5, 5.41) is 1.07. The summed E-state index contributed by atoms with van der Waals surface area (Å²) in [6.07, 6.45) is 9.42. The van der Waals surface area contributed by atoms with Crippen molar-refractivity contribution in [3.63, 3.8) is 0 Å². The summed E-state index contributed by atoms with van der Waals surface area (Å²) >= 11 is 1.67. The third-order valence-electron chi connectivity index (χ3n) is 6.91. The van der Waals surface area contributed by atoms with E-state index in [4.69, 9.17) is 14.4 Å². The lowest BCUT2D eigenvalue weighted by molar-refractivity contribution is 0.614. The summed E-state index contributed by atoms with van der Waals surface area (Å²) < 4.78 is 8.96. The van der Waals surface area contributed by atoms with E-state index in [1.165, 1.54) is 10.2 Å². The molecule has 0 saturated carbocycles. The second-order valence-electron chi connectivity index (χ2n) is 10.0. The van der Waals surface area contributed by atoms with Crippen LogP contribution in [0.25, 0.3) is 26.7 Å². The zero-order chi connectivity index (χ0) is 24.8. The van der Waals surface area contributed by atoms with Gasteiger partial charge in [-0.2, -0.15) is 0 Å². The molecule has 0 aliphatic heterocycles. The number of furan rings is 1. The van der Waals surface area contributed by atoms with Crippen molar-refractivity contribution in [3.8, 4) is 0 Å². The average Bonchev–Trinajstić information content (AvgIpc) is 3.62. The SMILES string of the molecule is CC(C)c1nc(CC(C)c2nc(CC(C)c3nccc4occc34)cc3scnc23)cn2cccc12. The van der Waals surface area contributed by atoms with Crippen LogP contribution in [0.5, 0.6) is 0 Å². The molecule has 0 aliphatic carbocycles. The minimum atomic E-state index is 0.181. The Hall–Kier alpha value is -3.58. The van der Waals surface area contributed by atoms with E-state index in [1.54, 1.807) is 17.6 Å². The molecular formula is C29H29N5OS. The normalized spacial score (nSPS) is 13.8. The molecule has 2 unspecified atom stereocenters. The van der Waals surface area contributed by atoms with Crippen LogP contribution in [0, 0.1) is 0 Å². The Morgan fingerprint density at radius 1 is 0.917 bits per heavy atom. The minimum absolute atomic E-state index is 0.181. The van der Waals surface area contributed by atoms with Crippen molar-refractivity contribution in [1.82, 2.24) is 24.3 Å². The van der Waals surface area contributed by atoms with E-state index in [9.17, 15) is 0 Å². The molecule has 2 atom stereocenters. The molecule has 0 aromatic carbocycles. The molecule has 0 N–H and O–H groups in total. The quantitative estimate of drug-likeness (QED) is 0.232. The first-order valence-electron chi connectivity index (χ1n) is 12.5. The van der Waals surface area contributed by atoms with Crippen molar-refractivity contribution in [3.05, 3.63) is 89.2 Å². The monoisotopic (exact) mass is 495 g/mol. The smallest absolute Gasteiger partial charge is 0.137 e. The predicted molar refractivity (Wildman–Crippen MR) is 145 cm³/mol. The van der Waals surface area contributed by atoms with Crippen molar-refractivity contribution in [2.45, 2.75) is 58.3 Å². The van der Waals surface area contributed by atoms with Crippen LogP contribution in [-0.2, 0) is 12.8 Å². The zero-order valence-electron chi connectivity index (χ0n) is 21.0. The van der Waals surface area contributed by atoms with Crippen molar-refractivity contribution >= 4 is 38.0 Å². The fraction of sp³-hybridized carbons (Fsp3) is 0.310. The Kier molecular flexibility index (Phi) is 5.80. The molecule has 0 bridgehead atoms. The maximum absolute atomic E-state index is 5.59. The lowest BCUT2D eigenvalue weighted by Gasteiger charge is -2.17. The highest BCUT2D eigenvalue weighted by Crippen LogP contribution is 2.32. The summed E-state index contributed by atoms with van der Waals surface area (Å²) in [4.78, 5) is 19.6. The van der Waals surface area contributed by atoms with Crippen LogP contribution in [0.1, 0.15) is 73.9 Å². The third kappa shape index (κ3) is 4.07. The van der Waals surface area contributed by atoms with Gasteiger partial charge < -0.3 is 8.82 Å². The molecule has 36 heavy (non-hydrogen) atoms. The molecule has 0 fully saturated rings. The summed E-state index contributed by atoms with van der Waals surface area (Å²) in [7, 11) is 0. The fourth-order valence-corrected chi connectivity index (χ4v) is 5.91. The molecular weight excluding hydrogens is 466 g/mol. The number of aromatic nitrogens is 5. The molecule has 0 spiro atoms. The van der Waals surface area contributed by atoms with E-state index in [0.717, 1.165) is 57.8 Å². The van der Waals surface area contributed by atoms with Gasteiger partial charge in [0.1, 0.15) is 11.1 Å². The Morgan fingerprint density at radius 2 is 1.72 bits per heavy atom. The van der Waals surface area contributed by atoms with E-state index in [0.29, 0.717) is 5.92 Å². The standard InChI is InChI=1S/C29H29N5OS/c1-17(2)26-23-6-5-10-34(23)15-21(33-26)13-19(4)28-29-25(36-16-31-29)14-20(32-28)12-18(3)27-22-8-11-35-24(22)7-9-30-27/h5-11,14-19H,12-13H2,1-4H3. The van der Waals surface area contributed by atoms with Gasteiger partial charge in [0.15, 0.2) is 0 Å². The molecule has 6 aromatic heterocycles. The molecule has 0 aliphatic rings. The van der Waals surface area contributed by atoms with Gasteiger partial charge in [0.2, 0.25) is 0 Å². The van der Waals surface area contributed by atoms with Crippen molar-refractivity contribution in [1.29, 1.82) is 0 Å². The van der Waals surface area contributed by atoms with Crippen LogP contribution < -0.4 is 0 Å². The summed E-state index contributed by atoms with van der Waals surface area (Å²) in [6.45, 7) is 8.84. The Balaban J connectivity index is 1.33. The Bertz CT molecular complexity index is 1680. The second-order valence-corrected chi connectivity index (χ2v) is 10.9. The van der Waals surface area contributed by atoms with Gasteiger partial charge in [0.05, 0.1) is 44.8 Å². The number of fused-ring (bicyclic) bond motifs is 3. The summed E-state index contributed by atoms with van der Waals surface area (Å²) in [5.74, 6) is 0.749. The molecule has 0 saturated heterocycles. The topological polar surface area (TPSA) is 69.1 Å². The maximum atomic E-state index is 5.59. The van der Waals surface area contributed by atoms with E-state index >= 15 is 0 Å². The fourth-order valence-electron chi connectivity index (χ4n) is 5.17. The van der Waals surface area contributed by atoms with E-state index in [1.807, 2.05) is 23.8 Å². The summed E-state index contributed by atoms with van der Waals surface area (Å²) in [5.41, 5.74) is 10.4. The van der Waals surface area contributed by atoms with Gasteiger partial charge in [0, 0.05) is 41.5 Å². The van der Waals surface area contributed by atoms with Crippen LogP contribution in [0.2, 0.25) is 0 Å². The first-order chi connectivity index (χ1) is 17.5. The predicted octanol–water partition coefficient (Wildman–Crippen LogP) is 7.30. The number of nitrogens with zero attached hydrogens (tertiary/aromatic N) is 5. The molecule has 7 heteroatoms. The molecule has 0 amide bonds.